The highest BCUT2D eigenvalue weighted by Gasteiger charge is 2.31. The summed E-state index contributed by atoms with van der Waals surface area (Å²) in [6.07, 6.45) is 0.556. The molecule has 2 N–H and O–H groups in total. The summed E-state index contributed by atoms with van der Waals surface area (Å²) in [6.45, 7) is 1.67. The Morgan fingerprint density at radius 1 is 1.04 bits per heavy atom. The lowest BCUT2D eigenvalue weighted by Gasteiger charge is -2.05. The zero-order valence-electron chi connectivity index (χ0n) is 12.6. The number of carbonyl (C=O) groups is 3. The number of nitrogens with zero attached hydrogens (tertiary/aromatic N) is 1. The van der Waals surface area contributed by atoms with E-state index in [4.69, 9.17) is 15.0 Å². The summed E-state index contributed by atoms with van der Waals surface area (Å²) in [5.41, 5.74) is 1.93. The molecule has 1 aliphatic heterocycles. The van der Waals surface area contributed by atoms with E-state index < -0.39 is 17.9 Å². The van der Waals surface area contributed by atoms with Crippen molar-refractivity contribution >= 4 is 17.7 Å². The highest BCUT2D eigenvalue weighted by Crippen LogP contribution is 2.31. The fourth-order valence-electron chi connectivity index (χ4n) is 2.63. The van der Waals surface area contributed by atoms with Crippen LogP contribution >= 0.6 is 0 Å². The molecule has 0 bridgehead atoms. The Morgan fingerprint density at radius 3 is 2.22 bits per heavy atom. The Bertz CT molecular complexity index is 729. The Balaban J connectivity index is 0.000000433. The van der Waals surface area contributed by atoms with Gasteiger partial charge in [0.2, 0.25) is 5.78 Å². The van der Waals surface area contributed by atoms with Crippen LogP contribution in [0.2, 0.25) is 0 Å². The van der Waals surface area contributed by atoms with Gasteiger partial charge in [-0.3, -0.25) is 14.4 Å². The van der Waals surface area contributed by atoms with Gasteiger partial charge in [-0.25, -0.2) is 0 Å². The summed E-state index contributed by atoms with van der Waals surface area (Å²) < 4.78 is 1.83. The molecule has 0 spiro atoms. The second kappa shape index (κ2) is 6.91. The molecule has 2 heterocycles. The fourth-order valence-corrected chi connectivity index (χ4v) is 2.63. The third kappa shape index (κ3) is 3.66. The normalized spacial score (nSPS) is 15.3. The number of carboxylic acids is 2. The lowest BCUT2D eigenvalue weighted by atomic mass is 10.1. The molecule has 0 saturated carbocycles. The predicted molar refractivity (Wildman–Crippen MR) is 82.6 cm³/mol. The number of benzene rings is 1. The van der Waals surface area contributed by atoms with Crippen LogP contribution in [0.1, 0.15) is 41.0 Å². The molecule has 0 saturated heterocycles. The standard InChI is InChI=1S/C15H13NO3.C2H4O2/c17-14(10-4-2-1-3-5-10)13-7-6-12-11(15(18)19)8-9-16(12)13;1-2(3)4/h1-7,11H,8-9H2,(H,18,19);1H3,(H,3,4). The van der Waals surface area contributed by atoms with E-state index in [1.807, 2.05) is 22.8 Å². The number of hydrogen-bond donors (Lipinski definition) is 2. The van der Waals surface area contributed by atoms with Crippen LogP contribution in [0.5, 0.6) is 0 Å². The van der Waals surface area contributed by atoms with Crippen molar-refractivity contribution in [2.24, 2.45) is 0 Å². The maximum absolute atomic E-state index is 12.4. The second-order valence-electron chi connectivity index (χ2n) is 5.19. The molecule has 0 radical (unpaired) electrons. The number of rotatable bonds is 3. The van der Waals surface area contributed by atoms with Crippen molar-refractivity contribution in [3.8, 4) is 0 Å². The maximum Gasteiger partial charge on any atom is 0.312 e. The molecule has 1 atom stereocenters. The van der Waals surface area contributed by atoms with Crippen molar-refractivity contribution < 1.29 is 24.6 Å². The van der Waals surface area contributed by atoms with E-state index in [0.29, 0.717) is 24.2 Å². The van der Waals surface area contributed by atoms with Crippen LogP contribution in [0.25, 0.3) is 0 Å². The molecule has 6 nitrogen and oxygen atoms in total. The molecule has 1 unspecified atom stereocenters. The summed E-state index contributed by atoms with van der Waals surface area (Å²) in [7, 11) is 0. The first kappa shape index (κ1) is 16.5. The minimum absolute atomic E-state index is 0.0575. The van der Waals surface area contributed by atoms with Crippen LogP contribution in [0.15, 0.2) is 42.5 Å². The lowest BCUT2D eigenvalue weighted by Crippen LogP contribution is -2.09. The molecule has 1 aromatic carbocycles. The summed E-state index contributed by atoms with van der Waals surface area (Å²) in [6, 6.07) is 12.5. The van der Waals surface area contributed by atoms with Gasteiger partial charge < -0.3 is 14.8 Å². The van der Waals surface area contributed by atoms with E-state index in [1.165, 1.54) is 0 Å². The third-order valence-corrected chi connectivity index (χ3v) is 3.58. The van der Waals surface area contributed by atoms with Crippen molar-refractivity contribution in [2.45, 2.75) is 25.8 Å². The lowest BCUT2D eigenvalue weighted by molar-refractivity contribution is -0.139. The summed E-state index contributed by atoms with van der Waals surface area (Å²) in [5.74, 6) is -2.20. The number of hydrogen-bond acceptors (Lipinski definition) is 3. The van der Waals surface area contributed by atoms with Crippen LogP contribution < -0.4 is 0 Å². The molecular formula is C17H17NO5. The fraction of sp³-hybridized carbons (Fsp3) is 0.235. The van der Waals surface area contributed by atoms with Crippen molar-refractivity contribution in [1.82, 2.24) is 4.57 Å². The highest BCUT2D eigenvalue weighted by molar-refractivity contribution is 6.08. The van der Waals surface area contributed by atoms with Gasteiger partial charge in [-0.05, 0) is 18.6 Å². The quantitative estimate of drug-likeness (QED) is 0.848. The highest BCUT2D eigenvalue weighted by atomic mass is 16.4. The van der Waals surface area contributed by atoms with Gasteiger partial charge in [-0.1, -0.05) is 30.3 Å². The van der Waals surface area contributed by atoms with Crippen molar-refractivity contribution in [3.05, 3.63) is 59.4 Å². The molecule has 0 aliphatic carbocycles. The van der Waals surface area contributed by atoms with Gasteiger partial charge in [0, 0.05) is 24.7 Å². The number of carboxylic acid groups (broad SMARTS) is 2. The second-order valence-corrected chi connectivity index (χ2v) is 5.19. The van der Waals surface area contributed by atoms with Gasteiger partial charge in [-0.15, -0.1) is 0 Å². The molecule has 23 heavy (non-hydrogen) atoms. The minimum atomic E-state index is -0.833. The van der Waals surface area contributed by atoms with E-state index in [9.17, 15) is 9.59 Å². The van der Waals surface area contributed by atoms with Gasteiger partial charge in [0.15, 0.2) is 0 Å². The van der Waals surface area contributed by atoms with Gasteiger partial charge in [-0.2, -0.15) is 0 Å². The van der Waals surface area contributed by atoms with Gasteiger partial charge in [0.1, 0.15) is 0 Å². The number of aromatic nitrogens is 1. The first-order valence-electron chi connectivity index (χ1n) is 7.13. The van der Waals surface area contributed by atoms with E-state index >= 15 is 0 Å². The third-order valence-electron chi connectivity index (χ3n) is 3.58. The summed E-state index contributed by atoms with van der Waals surface area (Å²) in [4.78, 5) is 32.5. The van der Waals surface area contributed by atoms with E-state index in [0.717, 1.165) is 12.6 Å². The van der Waals surface area contributed by atoms with Crippen LogP contribution in [0.4, 0.5) is 0 Å². The van der Waals surface area contributed by atoms with Crippen molar-refractivity contribution in [2.75, 3.05) is 0 Å². The smallest absolute Gasteiger partial charge is 0.312 e. The molecule has 1 aromatic heterocycles. The Hall–Kier alpha value is -2.89. The molecule has 6 heteroatoms. The van der Waals surface area contributed by atoms with E-state index in [2.05, 4.69) is 0 Å². The Kier molecular flexibility index (Phi) is 4.95. The molecule has 120 valence electrons. The van der Waals surface area contributed by atoms with Crippen LogP contribution in [-0.2, 0) is 16.1 Å². The van der Waals surface area contributed by atoms with E-state index in [1.54, 1.807) is 24.3 Å². The molecule has 0 amide bonds. The topological polar surface area (TPSA) is 96.6 Å². The average Bonchev–Trinajstić information content (AvgIpc) is 3.08. The predicted octanol–water partition coefficient (Wildman–Crippen LogP) is 2.38. The Labute approximate surface area is 133 Å². The molecule has 2 aromatic rings. The van der Waals surface area contributed by atoms with E-state index in [-0.39, 0.29) is 5.78 Å². The summed E-state index contributed by atoms with van der Waals surface area (Å²) in [5, 5.41) is 16.5. The van der Waals surface area contributed by atoms with Crippen LogP contribution in [-0.4, -0.2) is 32.5 Å². The van der Waals surface area contributed by atoms with Crippen LogP contribution in [0, 0.1) is 0 Å². The number of fused-ring (bicyclic) bond motifs is 1. The zero-order valence-corrected chi connectivity index (χ0v) is 12.6. The first-order chi connectivity index (χ1) is 10.9. The van der Waals surface area contributed by atoms with Gasteiger partial charge >= 0.3 is 5.97 Å². The number of aliphatic carboxylic acids is 2. The number of carbonyl (C=O) groups excluding carboxylic acids is 1. The molecule has 3 rings (SSSR count). The monoisotopic (exact) mass is 315 g/mol. The first-order valence-corrected chi connectivity index (χ1v) is 7.13. The van der Waals surface area contributed by atoms with Crippen LogP contribution in [0.3, 0.4) is 0 Å². The summed E-state index contributed by atoms with van der Waals surface area (Å²) >= 11 is 0. The Morgan fingerprint density at radius 2 is 1.65 bits per heavy atom. The van der Waals surface area contributed by atoms with Crippen molar-refractivity contribution in [3.63, 3.8) is 0 Å². The molecule has 1 aliphatic rings. The van der Waals surface area contributed by atoms with Crippen molar-refractivity contribution in [1.29, 1.82) is 0 Å². The number of ketones is 1. The molecular weight excluding hydrogens is 298 g/mol. The zero-order chi connectivity index (χ0) is 17.0. The molecule has 0 fully saturated rings. The maximum atomic E-state index is 12.4. The van der Waals surface area contributed by atoms with Gasteiger partial charge in [0.05, 0.1) is 11.6 Å². The SMILES string of the molecule is CC(=O)O.O=C(c1ccccc1)c1ccc2n1CCC2C(=O)O. The minimum Gasteiger partial charge on any atom is -0.481 e. The largest absolute Gasteiger partial charge is 0.481 e. The van der Waals surface area contributed by atoms with Gasteiger partial charge in [0.25, 0.3) is 5.97 Å². The average molecular weight is 315 g/mol.